The molecule has 1 saturated heterocycles. The maximum Gasteiger partial charge on any atom is 0.313 e. The fraction of sp³-hybridized carbons (Fsp3) is 0.391. The first-order valence-corrected chi connectivity index (χ1v) is 9.61. The SMILES string of the molecule is COc1ccc(CC2CCC(C(=O)OCc3ccccc3)C(C)OC2=O)cc1. The van der Waals surface area contributed by atoms with E-state index in [0.717, 1.165) is 16.9 Å². The van der Waals surface area contributed by atoms with Crippen molar-refractivity contribution in [3.05, 3.63) is 65.7 Å². The van der Waals surface area contributed by atoms with E-state index in [1.165, 1.54) is 0 Å². The molecule has 3 rings (SSSR count). The molecule has 3 atom stereocenters. The molecule has 0 N–H and O–H groups in total. The summed E-state index contributed by atoms with van der Waals surface area (Å²) in [6.45, 7) is 1.99. The van der Waals surface area contributed by atoms with Gasteiger partial charge < -0.3 is 14.2 Å². The molecule has 1 aliphatic rings. The highest BCUT2D eigenvalue weighted by Crippen LogP contribution is 2.28. The van der Waals surface area contributed by atoms with E-state index in [1.54, 1.807) is 14.0 Å². The van der Waals surface area contributed by atoms with Gasteiger partial charge in [0, 0.05) is 0 Å². The Balaban J connectivity index is 1.58. The Labute approximate surface area is 165 Å². The zero-order valence-electron chi connectivity index (χ0n) is 16.3. The molecule has 28 heavy (non-hydrogen) atoms. The van der Waals surface area contributed by atoms with Gasteiger partial charge in [0.25, 0.3) is 0 Å². The maximum atomic E-state index is 12.5. The van der Waals surface area contributed by atoms with E-state index < -0.39 is 12.0 Å². The van der Waals surface area contributed by atoms with Crippen molar-refractivity contribution in [1.82, 2.24) is 0 Å². The van der Waals surface area contributed by atoms with E-state index in [1.807, 2.05) is 54.6 Å². The van der Waals surface area contributed by atoms with Gasteiger partial charge in [-0.2, -0.15) is 0 Å². The predicted molar refractivity (Wildman–Crippen MR) is 105 cm³/mol. The van der Waals surface area contributed by atoms with Gasteiger partial charge in [-0.3, -0.25) is 9.59 Å². The van der Waals surface area contributed by atoms with Crippen molar-refractivity contribution in [1.29, 1.82) is 0 Å². The van der Waals surface area contributed by atoms with E-state index >= 15 is 0 Å². The average Bonchev–Trinajstić information content (AvgIpc) is 2.85. The van der Waals surface area contributed by atoms with Crippen molar-refractivity contribution < 1.29 is 23.8 Å². The van der Waals surface area contributed by atoms with Crippen LogP contribution in [0.15, 0.2) is 54.6 Å². The third kappa shape index (κ3) is 5.12. The number of hydrogen-bond donors (Lipinski definition) is 0. The largest absolute Gasteiger partial charge is 0.497 e. The van der Waals surface area contributed by atoms with Crippen molar-refractivity contribution >= 4 is 11.9 Å². The van der Waals surface area contributed by atoms with Crippen LogP contribution in [0.4, 0.5) is 0 Å². The van der Waals surface area contributed by atoms with Gasteiger partial charge >= 0.3 is 11.9 Å². The third-order valence-electron chi connectivity index (χ3n) is 5.20. The Morgan fingerprint density at radius 1 is 1.04 bits per heavy atom. The van der Waals surface area contributed by atoms with Gasteiger partial charge in [0.05, 0.1) is 18.9 Å². The summed E-state index contributed by atoms with van der Waals surface area (Å²) in [5, 5.41) is 0. The zero-order chi connectivity index (χ0) is 19.9. The molecule has 0 spiro atoms. The van der Waals surface area contributed by atoms with E-state index in [0.29, 0.717) is 19.3 Å². The smallest absolute Gasteiger partial charge is 0.313 e. The second kappa shape index (κ2) is 9.40. The van der Waals surface area contributed by atoms with E-state index in [9.17, 15) is 9.59 Å². The summed E-state index contributed by atoms with van der Waals surface area (Å²) in [7, 11) is 1.62. The number of ether oxygens (including phenoxy) is 3. The van der Waals surface area contributed by atoms with Crippen LogP contribution in [-0.2, 0) is 32.1 Å². The van der Waals surface area contributed by atoms with Crippen molar-refractivity contribution in [2.24, 2.45) is 11.8 Å². The minimum Gasteiger partial charge on any atom is -0.497 e. The minimum atomic E-state index is -0.489. The molecular weight excluding hydrogens is 356 g/mol. The van der Waals surface area contributed by atoms with Crippen LogP contribution in [0.1, 0.15) is 30.9 Å². The molecule has 0 saturated carbocycles. The second-order valence-electron chi connectivity index (χ2n) is 7.17. The monoisotopic (exact) mass is 382 g/mol. The fourth-order valence-corrected chi connectivity index (χ4v) is 3.47. The summed E-state index contributed by atoms with van der Waals surface area (Å²) in [5.74, 6) is -0.478. The lowest BCUT2D eigenvalue weighted by atomic mass is 9.91. The molecule has 5 nitrogen and oxygen atoms in total. The first-order chi connectivity index (χ1) is 13.6. The molecule has 2 aromatic carbocycles. The molecular formula is C23H26O5. The predicted octanol–water partition coefficient (Wildman–Crippen LogP) is 3.94. The molecule has 0 radical (unpaired) electrons. The number of rotatable bonds is 6. The van der Waals surface area contributed by atoms with Crippen molar-refractivity contribution in [3.63, 3.8) is 0 Å². The van der Waals surface area contributed by atoms with Gasteiger partial charge in [-0.25, -0.2) is 0 Å². The summed E-state index contributed by atoms with van der Waals surface area (Å²) in [6.07, 6.45) is 1.26. The van der Waals surface area contributed by atoms with Crippen LogP contribution in [-0.4, -0.2) is 25.2 Å². The number of carbonyl (C=O) groups excluding carboxylic acids is 2. The maximum absolute atomic E-state index is 12.5. The van der Waals surface area contributed by atoms with E-state index in [-0.39, 0.29) is 24.5 Å². The van der Waals surface area contributed by atoms with Crippen molar-refractivity contribution in [2.45, 2.75) is 38.9 Å². The Morgan fingerprint density at radius 2 is 1.75 bits per heavy atom. The molecule has 1 aliphatic heterocycles. The van der Waals surface area contributed by atoms with Gasteiger partial charge in [-0.1, -0.05) is 42.5 Å². The molecule has 2 aromatic rings. The quantitative estimate of drug-likeness (QED) is 0.708. The fourth-order valence-electron chi connectivity index (χ4n) is 3.47. The topological polar surface area (TPSA) is 61.8 Å². The Hall–Kier alpha value is -2.82. The molecule has 3 unspecified atom stereocenters. The molecule has 5 heteroatoms. The molecule has 0 aliphatic carbocycles. The Bertz CT molecular complexity index is 784. The summed E-state index contributed by atoms with van der Waals surface area (Å²) in [5.41, 5.74) is 1.98. The molecule has 0 amide bonds. The standard InChI is InChI=1S/C23H26O5/c1-16-21(23(25)27-15-18-6-4-3-5-7-18)13-10-19(22(24)28-16)14-17-8-11-20(26-2)12-9-17/h3-9,11-12,16,19,21H,10,13-15H2,1-2H3. The van der Waals surface area contributed by atoms with Gasteiger partial charge in [0.2, 0.25) is 0 Å². The lowest BCUT2D eigenvalue weighted by molar-refractivity contribution is -0.161. The van der Waals surface area contributed by atoms with Gasteiger partial charge in [-0.05, 0) is 49.4 Å². The Morgan fingerprint density at radius 3 is 2.43 bits per heavy atom. The molecule has 148 valence electrons. The van der Waals surface area contributed by atoms with Gasteiger partial charge in [0.15, 0.2) is 0 Å². The van der Waals surface area contributed by atoms with E-state index in [2.05, 4.69) is 0 Å². The molecule has 1 fully saturated rings. The summed E-state index contributed by atoms with van der Waals surface area (Å²) in [6, 6.07) is 17.2. The lowest BCUT2D eigenvalue weighted by Crippen LogP contribution is -2.30. The highest BCUT2D eigenvalue weighted by atomic mass is 16.6. The Kier molecular flexibility index (Phi) is 6.69. The van der Waals surface area contributed by atoms with Crippen LogP contribution < -0.4 is 4.74 Å². The first kappa shape index (κ1) is 19.9. The molecule has 1 heterocycles. The van der Waals surface area contributed by atoms with Crippen LogP contribution in [0.5, 0.6) is 5.75 Å². The summed E-state index contributed by atoms with van der Waals surface area (Å²) < 4.78 is 16.2. The number of esters is 2. The number of benzene rings is 2. The molecule has 0 aromatic heterocycles. The van der Waals surface area contributed by atoms with Crippen LogP contribution in [0.2, 0.25) is 0 Å². The van der Waals surface area contributed by atoms with Crippen LogP contribution in [0.25, 0.3) is 0 Å². The number of cyclic esters (lactones) is 1. The molecule has 0 bridgehead atoms. The second-order valence-corrected chi connectivity index (χ2v) is 7.17. The normalized spacial score (nSPS) is 22.1. The lowest BCUT2D eigenvalue weighted by Gasteiger charge is -2.19. The highest BCUT2D eigenvalue weighted by Gasteiger charge is 2.36. The van der Waals surface area contributed by atoms with Crippen LogP contribution in [0.3, 0.4) is 0 Å². The number of hydrogen-bond acceptors (Lipinski definition) is 5. The van der Waals surface area contributed by atoms with Gasteiger partial charge in [0.1, 0.15) is 18.5 Å². The summed E-state index contributed by atoms with van der Waals surface area (Å²) in [4.78, 5) is 25.1. The highest BCUT2D eigenvalue weighted by molar-refractivity contribution is 5.77. The van der Waals surface area contributed by atoms with Gasteiger partial charge in [-0.15, -0.1) is 0 Å². The van der Waals surface area contributed by atoms with Crippen LogP contribution in [0, 0.1) is 11.8 Å². The number of methoxy groups -OCH3 is 1. The van der Waals surface area contributed by atoms with Crippen molar-refractivity contribution in [3.8, 4) is 5.75 Å². The minimum absolute atomic E-state index is 0.228. The zero-order valence-corrected chi connectivity index (χ0v) is 16.3. The first-order valence-electron chi connectivity index (χ1n) is 9.61. The third-order valence-corrected chi connectivity index (χ3v) is 5.20. The van der Waals surface area contributed by atoms with E-state index in [4.69, 9.17) is 14.2 Å². The average molecular weight is 382 g/mol. The number of carbonyl (C=O) groups is 2. The summed E-state index contributed by atoms with van der Waals surface area (Å²) >= 11 is 0. The van der Waals surface area contributed by atoms with Crippen molar-refractivity contribution in [2.75, 3.05) is 7.11 Å². The van der Waals surface area contributed by atoms with Crippen LogP contribution >= 0.6 is 0 Å².